The molecule has 3 N–H and O–H groups in total. The number of hydrazine groups is 1. The number of rotatable bonds is 6. The molecule has 0 spiro atoms. The first-order valence-electron chi connectivity index (χ1n) is 6.95. The molecule has 3 atom stereocenters. The van der Waals surface area contributed by atoms with Crippen molar-refractivity contribution in [3.8, 4) is 0 Å². The lowest BCUT2D eigenvalue weighted by molar-refractivity contribution is 0.0296. The van der Waals surface area contributed by atoms with Gasteiger partial charge in [0.15, 0.2) is 0 Å². The molecule has 1 fully saturated rings. The zero-order chi connectivity index (χ0) is 12.8. The van der Waals surface area contributed by atoms with Crippen molar-refractivity contribution in [3.05, 3.63) is 35.9 Å². The van der Waals surface area contributed by atoms with Gasteiger partial charge in [-0.1, -0.05) is 30.3 Å². The molecule has 2 rings (SSSR count). The molecule has 0 saturated carbocycles. The summed E-state index contributed by atoms with van der Waals surface area (Å²) in [7, 11) is 0. The first-order chi connectivity index (χ1) is 8.79. The average molecular weight is 248 g/mol. The van der Waals surface area contributed by atoms with Gasteiger partial charge < -0.3 is 4.74 Å². The Morgan fingerprint density at radius 3 is 2.72 bits per heavy atom. The van der Waals surface area contributed by atoms with Gasteiger partial charge in [-0.3, -0.25) is 11.3 Å². The number of benzene rings is 1. The van der Waals surface area contributed by atoms with Crippen molar-refractivity contribution >= 4 is 0 Å². The molecule has 1 aliphatic heterocycles. The van der Waals surface area contributed by atoms with Crippen LogP contribution in [0.2, 0.25) is 0 Å². The highest BCUT2D eigenvalue weighted by Crippen LogP contribution is 2.23. The van der Waals surface area contributed by atoms with Crippen molar-refractivity contribution in [3.63, 3.8) is 0 Å². The highest BCUT2D eigenvalue weighted by molar-refractivity contribution is 5.14. The summed E-state index contributed by atoms with van der Waals surface area (Å²) < 4.78 is 5.87. The lowest BCUT2D eigenvalue weighted by atomic mass is 10.00. The largest absolute Gasteiger partial charge is 0.374 e. The normalized spacial score (nSPS) is 25.2. The summed E-state index contributed by atoms with van der Waals surface area (Å²) in [5.41, 5.74) is 4.32. The SMILES string of the molecule is CC1CCC(C(CCCc2ccccc2)NN)O1. The Morgan fingerprint density at radius 2 is 2.11 bits per heavy atom. The van der Waals surface area contributed by atoms with E-state index < -0.39 is 0 Å². The Kier molecular flexibility index (Phi) is 5.17. The minimum absolute atomic E-state index is 0.290. The predicted octanol–water partition coefficient (Wildman–Crippen LogP) is 2.41. The van der Waals surface area contributed by atoms with Gasteiger partial charge in [0.1, 0.15) is 0 Å². The van der Waals surface area contributed by atoms with E-state index in [1.807, 2.05) is 0 Å². The summed E-state index contributed by atoms with van der Waals surface area (Å²) in [5.74, 6) is 5.65. The maximum Gasteiger partial charge on any atom is 0.0746 e. The average Bonchev–Trinajstić information content (AvgIpc) is 2.82. The molecule has 0 bridgehead atoms. The van der Waals surface area contributed by atoms with E-state index in [1.165, 1.54) is 5.56 Å². The minimum atomic E-state index is 0.290. The van der Waals surface area contributed by atoms with E-state index in [1.54, 1.807) is 0 Å². The maximum atomic E-state index is 5.87. The molecule has 0 aliphatic carbocycles. The van der Waals surface area contributed by atoms with Crippen LogP contribution < -0.4 is 11.3 Å². The van der Waals surface area contributed by atoms with Crippen LogP contribution in [-0.2, 0) is 11.2 Å². The van der Waals surface area contributed by atoms with E-state index in [0.717, 1.165) is 32.1 Å². The minimum Gasteiger partial charge on any atom is -0.374 e. The van der Waals surface area contributed by atoms with Crippen molar-refractivity contribution in [1.29, 1.82) is 0 Å². The molecule has 1 saturated heterocycles. The number of nitrogens with two attached hydrogens (primary N) is 1. The van der Waals surface area contributed by atoms with E-state index in [-0.39, 0.29) is 0 Å². The molecule has 1 heterocycles. The van der Waals surface area contributed by atoms with Crippen LogP contribution in [-0.4, -0.2) is 18.2 Å². The molecule has 0 aromatic heterocycles. The number of hydrogen-bond donors (Lipinski definition) is 2. The third-order valence-corrected chi connectivity index (χ3v) is 3.75. The number of hydrogen-bond acceptors (Lipinski definition) is 3. The van der Waals surface area contributed by atoms with Gasteiger partial charge in [-0.05, 0) is 44.6 Å². The smallest absolute Gasteiger partial charge is 0.0746 e. The lowest BCUT2D eigenvalue weighted by Gasteiger charge is -2.22. The third kappa shape index (κ3) is 3.80. The monoisotopic (exact) mass is 248 g/mol. The van der Waals surface area contributed by atoms with Crippen LogP contribution in [0.5, 0.6) is 0 Å². The van der Waals surface area contributed by atoms with Gasteiger partial charge in [0.25, 0.3) is 0 Å². The lowest BCUT2D eigenvalue weighted by Crippen LogP contribution is -2.44. The van der Waals surface area contributed by atoms with Crippen LogP contribution in [0.4, 0.5) is 0 Å². The standard InChI is InChI=1S/C15H24N2O/c1-12-10-11-15(18-12)14(17-16)9-5-8-13-6-3-2-4-7-13/h2-4,6-7,12,14-15,17H,5,8-11,16H2,1H3. The quantitative estimate of drug-likeness (QED) is 0.600. The first kappa shape index (κ1) is 13.5. The topological polar surface area (TPSA) is 47.3 Å². The molecule has 3 nitrogen and oxygen atoms in total. The Labute approximate surface area is 110 Å². The van der Waals surface area contributed by atoms with E-state index >= 15 is 0 Å². The number of aryl methyl sites for hydroxylation is 1. The molecular weight excluding hydrogens is 224 g/mol. The second-order valence-corrected chi connectivity index (χ2v) is 5.21. The van der Waals surface area contributed by atoms with Gasteiger partial charge in [-0.25, -0.2) is 0 Å². The Hall–Kier alpha value is -0.900. The van der Waals surface area contributed by atoms with Gasteiger partial charge in [-0.2, -0.15) is 0 Å². The Morgan fingerprint density at radius 1 is 1.33 bits per heavy atom. The second-order valence-electron chi connectivity index (χ2n) is 5.21. The molecule has 3 unspecified atom stereocenters. The van der Waals surface area contributed by atoms with Crippen LogP contribution in [0.3, 0.4) is 0 Å². The highest BCUT2D eigenvalue weighted by atomic mass is 16.5. The summed E-state index contributed by atoms with van der Waals surface area (Å²) in [4.78, 5) is 0. The van der Waals surface area contributed by atoms with Crippen LogP contribution in [0, 0.1) is 0 Å². The molecule has 1 aliphatic rings. The number of nitrogens with one attached hydrogen (secondary N) is 1. The summed E-state index contributed by atoms with van der Waals surface area (Å²) in [6, 6.07) is 10.9. The molecule has 0 amide bonds. The highest BCUT2D eigenvalue weighted by Gasteiger charge is 2.28. The van der Waals surface area contributed by atoms with E-state index in [2.05, 4.69) is 42.7 Å². The fourth-order valence-electron chi connectivity index (χ4n) is 2.68. The number of ether oxygens (including phenoxy) is 1. The molecular formula is C15H24N2O. The molecule has 3 heteroatoms. The zero-order valence-corrected chi connectivity index (χ0v) is 11.1. The van der Waals surface area contributed by atoms with Crippen molar-refractivity contribution in [2.24, 2.45) is 5.84 Å². The summed E-state index contributed by atoms with van der Waals surface area (Å²) >= 11 is 0. The van der Waals surface area contributed by atoms with Gasteiger partial charge in [0.2, 0.25) is 0 Å². The van der Waals surface area contributed by atoms with Gasteiger partial charge in [-0.15, -0.1) is 0 Å². The molecule has 1 aromatic carbocycles. The molecule has 100 valence electrons. The van der Waals surface area contributed by atoms with Gasteiger partial charge in [0.05, 0.1) is 12.2 Å². The molecule has 0 radical (unpaired) electrons. The summed E-state index contributed by atoms with van der Waals surface area (Å²) in [6.07, 6.45) is 6.29. The van der Waals surface area contributed by atoms with Gasteiger partial charge >= 0.3 is 0 Å². The van der Waals surface area contributed by atoms with Crippen molar-refractivity contribution in [2.45, 2.75) is 57.3 Å². The summed E-state index contributed by atoms with van der Waals surface area (Å²) in [6.45, 7) is 2.14. The fourth-order valence-corrected chi connectivity index (χ4v) is 2.68. The van der Waals surface area contributed by atoms with E-state index in [9.17, 15) is 0 Å². The third-order valence-electron chi connectivity index (χ3n) is 3.75. The summed E-state index contributed by atoms with van der Waals surface area (Å²) in [5, 5.41) is 0. The van der Waals surface area contributed by atoms with E-state index in [4.69, 9.17) is 10.6 Å². The van der Waals surface area contributed by atoms with Crippen LogP contribution in [0.25, 0.3) is 0 Å². The van der Waals surface area contributed by atoms with Crippen molar-refractivity contribution < 1.29 is 4.74 Å². The second kappa shape index (κ2) is 6.88. The maximum absolute atomic E-state index is 5.87. The zero-order valence-electron chi connectivity index (χ0n) is 11.1. The van der Waals surface area contributed by atoms with Gasteiger partial charge in [0, 0.05) is 6.04 Å². The van der Waals surface area contributed by atoms with Crippen LogP contribution in [0.15, 0.2) is 30.3 Å². The fraction of sp³-hybridized carbons (Fsp3) is 0.600. The van der Waals surface area contributed by atoms with Crippen LogP contribution >= 0.6 is 0 Å². The molecule has 1 aromatic rings. The van der Waals surface area contributed by atoms with E-state index in [0.29, 0.717) is 18.2 Å². The predicted molar refractivity (Wildman–Crippen MR) is 74.1 cm³/mol. The van der Waals surface area contributed by atoms with Crippen molar-refractivity contribution in [2.75, 3.05) is 0 Å². The van der Waals surface area contributed by atoms with Crippen LogP contribution in [0.1, 0.15) is 38.2 Å². The van der Waals surface area contributed by atoms with Crippen molar-refractivity contribution in [1.82, 2.24) is 5.43 Å². The Balaban J connectivity index is 1.74. The Bertz CT molecular complexity index is 342. The first-order valence-corrected chi connectivity index (χ1v) is 6.95. The molecule has 18 heavy (non-hydrogen) atoms.